The van der Waals surface area contributed by atoms with Gasteiger partial charge in [0.25, 0.3) is 0 Å². The van der Waals surface area contributed by atoms with Crippen molar-refractivity contribution in [1.29, 1.82) is 0 Å². The Morgan fingerprint density at radius 1 is 1.64 bits per heavy atom. The van der Waals surface area contributed by atoms with Crippen LogP contribution in [0.25, 0.3) is 0 Å². The summed E-state index contributed by atoms with van der Waals surface area (Å²) >= 11 is 0. The monoisotopic (exact) mass is 151 g/mol. The highest BCUT2D eigenvalue weighted by Crippen LogP contribution is 2.25. The summed E-state index contributed by atoms with van der Waals surface area (Å²) in [5.41, 5.74) is 0. The Kier molecular flexibility index (Phi) is 3.45. The van der Waals surface area contributed by atoms with Crippen molar-refractivity contribution in [3.63, 3.8) is 0 Å². The van der Waals surface area contributed by atoms with E-state index in [4.69, 9.17) is 6.42 Å². The summed E-state index contributed by atoms with van der Waals surface area (Å²) < 4.78 is 0. The van der Waals surface area contributed by atoms with E-state index in [2.05, 4.69) is 18.2 Å². The quantitative estimate of drug-likeness (QED) is 0.604. The van der Waals surface area contributed by atoms with Crippen molar-refractivity contribution in [3.05, 3.63) is 0 Å². The van der Waals surface area contributed by atoms with Gasteiger partial charge >= 0.3 is 0 Å². The van der Waals surface area contributed by atoms with Gasteiger partial charge in [-0.25, -0.2) is 0 Å². The molecule has 1 rings (SSSR count). The van der Waals surface area contributed by atoms with E-state index in [-0.39, 0.29) is 0 Å². The summed E-state index contributed by atoms with van der Waals surface area (Å²) in [4.78, 5) is 0. The van der Waals surface area contributed by atoms with E-state index in [0.717, 1.165) is 18.9 Å². The Labute approximate surface area is 69.6 Å². The van der Waals surface area contributed by atoms with E-state index in [1.807, 2.05) is 0 Å². The minimum absolute atomic E-state index is 0.301. The molecule has 0 saturated heterocycles. The van der Waals surface area contributed by atoms with Crippen molar-refractivity contribution in [1.82, 2.24) is 5.32 Å². The van der Waals surface area contributed by atoms with Gasteiger partial charge in [0.1, 0.15) is 0 Å². The molecule has 62 valence electrons. The first-order valence-corrected chi connectivity index (χ1v) is 4.56. The Hall–Kier alpha value is -0.480. The van der Waals surface area contributed by atoms with Gasteiger partial charge < -0.3 is 5.32 Å². The summed E-state index contributed by atoms with van der Waals surface area (Å²) in [7, 11) is 0. The van der Waals surface area contributed by atoms with Gasteiger partial charge in [0.2, 0.25) is 0 Å². The average Bonchev–Trinajstić information content (AvgIpc) is 1.95. The van der Waals surface area contributed by atoms with Crippen LogP contribution in [0.15, 0.2) is 0 Å². The van der Waals surface area contributed by atoms with Crippen molar-refractivity contribution < 1.29 is 0 Å². The third-order valence-corrected chi connectivity index (χ3v) is 2.49. The van der Waals surface area contributed by atoms with Crippen molar-refractivity contribution >= 4 is 0 Å². The van der Waals surface area contributed by atoms with Crippen LogP contribution < -0.4 is 5.32 Å². The summed E-state index contributed by atoms with van der Waals surface area (Å²) in [6.07, 6.45) is 10.6. The molecule has 1 heteroatoms. The molecule has 1 aliphatic rings. The summed E-state index contributed by atoms with van der Waals surface area (Å²) in [5.74, 6) is 3.66. The molecule has 0 bridgehead atoms. The van der Waals surface area contributed by atoms with Gasteiger partial charge in [-0.1, -0.05) is 19.3 Å². The van der Waals surface area contributed by atoms with E-state index in [0.29, 0.717) is 6.04 Å². The topological polar surface area (TPSA) is 12.0 Å². The minimum Gasteiger partial charge on any atom is -0.303 e. The lowest BCUT2D eigenvalue weighted by molar-refractivity contribution is 0.296. The fraction of sp³-hybridized carbons (Fsp3) is 0.800. The standard InChI is InChI=1S/C10H17N/c1-3-10(4-2)11-8-9-6-5-7-9/h1,9-11H,4-8H2,2H3. The molecule has 0 radical (unpaired) electrons. The van der Waals surface area contributed by atoms with Gasteiger partial charge in [0.15, 0.2) is 0 Å². The molecule has 0 heterocycles. The Balaban J connectivity index is 2.05. The first-order chi connectivity index (χ1) is 5.36. The number of rotatable bonds is 4. The average molecular weight is 151 g/mol. The Morgan fingerprint density at radius 3 is 2.73 bits per heavy atom. The fourth-order valence-electron chi connectivity index (χ4n) is 1.33. The highest BCUT2D eigenvalue weighted by atomic mass is 14.9. The molecule has 0 aromatic carbocycles. The summed E-state index contributed by atoms with van der Waals surface area (Å²) in [6.45, 7) is 3.25. The first-order valence-electron chi connectivity index (χ1n) is 4.56. The lowest BCUT2D eigenvalue weighted by Crippen LogP contribution is -2.34. The van der Waals surface area contributed by atoms with Crippen LogP contribution in [0.1, 0.15) is 32.6 Å². The highest BCUT2D eigenvalue weighted by molar-refractivity contribution is 4.98. The van der Waals surface area contributed by atoms with Gasteiger partial charge in [-0.3, -0.25) is 0 Å². The van der Waals surface area contributed by atoms with Crippen LogP contribution in [0.2, 0.25) is 0 Å². The molecule has 0 spiro atoms. The molecular weight excluding hydrogens is 134 g/mol. The van der Waals surface area contributed by atoms with Crippen LogP contribution in [-0.4, -0.2) is 12.6 Å². The van der Waals surface area contributed by atoms with Gasteiger partial charge in [0.05, 0.1) is 6.04 Å². The predicted octanol–water partition coefficient (Wildman–Crippen LogP) is 1.79. The third-order valence-electron chi connectivity index (χ3n) is 2.49. The van der Waals surface area contributed by atoms with Crippen molar-refractivity contribution in [2.45, 2.75) is 38.6 Å². The van der Waals surface area contributed by atoms with Gasteiger partial charge in [0, 0.05) is 0 Å². The number of terminal acetylenes is 1. The lowest BCUT2D eigenvalue weighted by atomic mass is 9.85. The maximum atomic E-state index is 5.32. The molecule has 11 heavy (non-hydrogen) atoms. The molecule has 1 unspecified atom stereocenters. The van der Waals surface area contributed by atoms with Crippen LogP contribution in [0.4, 0.5) is 0 Å². The largest absolute Gasteiger partial charge is 0.303 e. The molecule has 1 saturated carbocycles. The molecule has 0 aromatic heterocycles. The first kappa shape index (κ1) is 8.62. The molecule has 1 aliphatic carbocycles. The van der Waals surface area contributed by atoms with Crippen molar-refractivity contribution in [2.75, 3.05) is 6.54 Å². The minimum atomic E-state index is 0.301. The summed E-state index contributed by atoms with van der Waals surface area (Å²) in [6, 6.07) is 0.301. The Morgan fingerprint density at radius 2 is 2.36 bits per heavy atom. The second kappa shape index (κ2) is 4.41. The summed E-state index contributed by atoms with van der Waals surface area (Å²) in [5, 5.41) is 3.38. The maximum Gasteiger partial charge on any atom is 0.0684 e. The predicted molar refractivity (Wildman–Crippen MR) is 48.3 cm³/mol. The smallest absolute Gasteiger partial charge is 0.0684 e. The van der Waals surface area contributed by atoms with Crippen LogP contribution in [-0.2, 0) is 0 Å². The van der Waals surface area contributed by atoms with Gasteiger partial charge in [-0.05, 0) is 31.7 Å². The van der Waals surface area contributed by atoms with Crippen LogP contribution in [0.5, 0.6) is 0 Å². The fourth-order valence-corrected chi connectivity index (χ4v) is 1.33. The van der Waals surface area contributed by atoms with Crippen LogP contribution in [0, 0.1) is 18.3 Å². The third kappa shape index (κ3) is 2.55. The Bertz CT molecular complexity index is 141. The molecule has 0 aromatic rings. The molecule has 1 N–H and O–H groups in total. The van der Waals surface area contributed by atoms with Crippen LogP contribution >= 0.6 is 0 Å². The normalized spacial score (nSPS) is 20.4. The van der Waals surface area contributed by atoms with E-state index in [1.165, 1.54) is 19.3 Å². The zero-order chi connectivity index (χ0) is 8.10. The number of hydrogen-bond acceptors (Lipinski definition) is 1. The van der Waals surface area contributed by atoms with Crippen LogP contribution in [0.3, 0.4) is 0 Å². The SMILES string of the molecule is C#CC(CC)NCC1CCC1. The maximum absolute atomic E-state index is 5.32. The van der Waals surface area contributed by atoms with Gasteiger partial charge in [-0.15, -0.1) is 6.42 Å². The molecular formula is C10H17N. The highest BCUT2D eigenvalue weighted by Gasteiger charge is 2.17. The van der Waals surface area contributed by atoms with Gasteiger partial charge in [-0.2, -0.15) is 0 Å². The van der Waals surface area contributed by atoms with E-state index in [1.54, 1.807) is 0 Å². The second-order valence-corrected chi connectivity index (χ2v) is 3.33. The zero-order valence-electron chi connectivity index (χ0n) is 7.27. The molecule has 1 nitrogen and oxygen atoms in total. The van der Waals surface area contributed by atoms with E-state index >= 15 is 0 Å². The van der Waals surface area contributed by atoms with E-state index in [9.17, 15) is 0 Å². The zero-order valence-corrected chi connectivity index (χ0v) is 7.27. The molecule has 0 amide bonds. The lowest BCUT2D eigenvalue weighted by Gasteiger charge is -2.26. The number of hydrogen-bond donors (Lipinski definition) is 1. The second-order valence-electron chi connectivity index (χ2n) is 3.33. The van der Waals surface area contributed by atoms with Crippen molar-refractivity contribution in [3.8, 4) is 12.3 Å². The molecule has 1 fully saturated rings. The van der Waals surface area contributed by atoms with Crippen molar-refractivity contribution in [2.24, 2.45) is 5.92 Å². The molecule has 0 aliphatic heterocycles. The van der Waals surface area contributed by atoms with E-state index < -0.39 is 0 Å². The number of nitrogens with one attached hydrogen (secondary N) is 1. The molecule has 1 atom stereocenters.